The number of pyridine rings is 1. The number of carbonyl (C=O) groups is 1. The third kappa shape index (κ3) is 9.07. The summed E-state index contributed by atoms with van der Waals surface area (Å²) >= 11 is 0. The minimum Gasteiger partial charge on any atom is -0.512 e. The molecular formula is C52H47FIrNO2-. The molecule has 0 atom stereocenters. The Morgan fingerprint density at radius 1 is 0.579 bits per heavy atom. The summed E-state index contributed by atoms with van der Waals surface area (Å²) in [6, 6.07) is 49.8. The van der Waals surface area contributed by atoms with Gasteiger partial charge in [-0.05, 0) is 93.0 Å². The van der Waals surface area contributed by atoms with Crippen LogP contribution < -0.4 is 0 Å². The van der Waals surface area contributed by atoms with Gasteiger partial charge in [-0.3, -0.25) is 9.78 Å². The van der Waals surface area contributed by atoms with Gasteiger partial charge in [0.2, 0.25) is 0 Å². The average Bonchev–Trinajstić information content (AvgIpc) is 3.24. The van der Waals surface area contributed by atoms with Crippen molar-refractivity contribution in [3.8, 4) is 0 Å². The molecule has 0 saturated carbocycles. The first-order valence-electron chi connectivity index (χ1n) is 19.8. The number of hydrogen-bond donors (Lipinski definition) is 1. The van der Waals surface area contributed by atoms with Crippen molar-refractivity contribution in [1.29, 1.82) is 0 Å². The van der Waals surface area contributed by atoms with Crippen molar-refractivity contribution in [3.05, 3.63) is 163 Å². The van der Waals surface area contributed by atoms with Gasteiger partial charge in [0.15, 0.2) is 5.78 Å². The van der Waals surface area contributed by atoms with Gasteiger partial charge in [0.1, 0.15) is 5.82 Å². The van der Waals surface area contributed by atoms with E-state index in [4.69, 9.17) is 0 Å². The van der Waals surface area contributed by atoms with Crippen LogP contribution in [0.2, 0.25) is 0 Å². The molecule has 1 heterocycles. The van der Waals surface area contributed by atoms with E-state index >= 15 is 4.39 Å². The Morgan fingerprint density at radius 2 is 1.04 bits per heavy atom. The minimum absolute atomic E-state index is 0. The Labute approximate surface area is 347 Å². The Hall–Kier alpha value is -5.48. The topological polar surface area (TPSA) is 50.2 Å². The maximum atomic E-state index is 15.3. The molecule has 1 radical (unpaired) electrons. The molecule has 0 saturated heterocycles. The van der Waals surface area contributed by atoms with Crippen LogP contribution in [0.15, 0.2) is 151 Å². The zero-order valence-corrected chi connectivity index (χ0v) is 35.2. The molecule has 3 nitrogen and oxygen atoms in total. The number of carbonyl (C=O) groups excluding carboxylic acids is 1. The molecule has 0 aliphatic rings. The standard InChI is InChI=1S/C39H23FN.C13H24O2.Ir/c40-38-24-41-39-23-37(38)33-15-6-13-30(20-33)28-11-4-9-26(18-28)25-8-3-10-27(17-25)29-12-5-14-32(19-29)36-22-34(39)21-31-7-1-2-16-35(31)36;1-5-10(6-2)12(14)9-13(15)11(7-3)8-4;/h1-20,22-24H;9-11,14H,5-8H2,1-4H3;/q-1;;/b;12-9-;. The summed E-state index contributed by atoms with van der Waals surface area (Å²) < 4.78 is 15.3. The van der Waals surface area contributed by atoms with Crippen LogP contribution in [0.4, 0.5) is 4.39 Å². The van der Waals surface area contributed by atoms with E-state index in [-0.39, 0.29) is 49.3 Å². The summed E-state index contributed by atoms with van der Waals surface area (Å²) in [6.07, 6.45) is 6.23. The van der Waals surface area contributed by atoms with Gasteiger partial charge < -0.3 is 5.11 Å². The van der Waals surface area contributed by atoms with E-state index in [0.717, 1.165) is 90.3 Å². The molecule has 1 N–H and O–H groups in total. The van der Waals surface area contributed by atoms with E-state index < -0.39 is 0 Å². The molecule has 0 spiro atoms. The molecule has 0 aliphatic carbocycles. The van der Waals surface area contributed by atoms with E-state index in [2.05, 4.69) is 120 Å². The molecule has 289 valence electrons. The molecule has 5 heteroatoms. The number of fused-ring (bicyclic) bond motifs is 20. The van der Waals surface area contributed by atoms with Crippen molar-refractivity contribution in [1.82, 2.24) is 4.98 Å². The maximum Gasteiger partial charge on any atom is 0.162 e. The number of benzene rings is 6. The molecule has 0 amide bonds. The predicted octanol–water partition coefficient (Wildman–Crippen LogP) is 14.6. The minimum atomic E-state index is -0.348. The molecule has 12 bridgehead atoms. The van der Waals surface area contributed by atoms with E-state index in [1.165, 1.54) is 12.3 Å². The second-order valence-corrected chi connectivity index (χ2v) is 14.5. The smallest absolute Gasteiger partial charge is 0.162 e. The number of aliphatic hydroxyl groups is 1. The zero-order chi connectivity index (χ0) is 39.2. The Balaban J connectivity index is 0.000000295. The number of rotatable bonds is 7. The fourth-order valence-corrected chi connectivity index (χ4v) is 7.68. The normalized spacial score (nSPS) is 11.6. The maximum absolute atomic E-state index is 15.3. The first-order chi connectivity index (χ1) is 27.3. The third-order valence-corrected chi connectivity index (χ3v) is 11.1. The summed E-state index contributed by atoms with van der Waals surface area (Å²) in [6.45, 7) is 8.07. The Bertz CT molecular complexity index is 2870. The van der Waals surface area contributed by atoms with Crippen LogP contribution in [-0.4, -0.2) is 15.9 Å². The second-order valence-electron chi connectivity index (χ2n) is 14.5. The summed E-state index contributed by atoms with van der Waals surface area (Å²) in [5.41, 5.74) is 0.686. The summed E-state index contributed by atoms with van der Waals surface area (Å²) in [5, 5.41) is 23.0. The quantitative estimate of drug-likeness (QED) is 0.0984. The Morgan fingerprint density at radius 3 is 1.54 bits per heavy atom. The van der Waals surface area contributed by atoms with Crippen molar-refractivity contribution in [2.75, 3.05) is 0 Å². The molecule has 7 aromatic carbocycles. The van der Waals surface area contributed by atoms with E-state index in [1.807, 2.05) is 52.0 Å². The fourth-order valence-electron chi connectivity index (χ4n) is 7.68. The van der Waals surface area contributed by atoms with Crippen LogP contribution in [0, 0.1) is 23.7 Å². The number of ketones is 1. The third-order valence-electron chi connectivity index (χ3n) is 11.1. The summed E-state index contributed by atoms with van der Waals surface area (Å²) in [5.74, 6) is 0.200. The first kappa shape index (κ1) is 41.2. The number of nitrogens with zero attached hydrogens (tertiary/aromatic N) is 1. The van der Waals surface area contributed by atoms with E-state index in [0.29, 0.717) is 10.9 Å². The van der Waals surface area contributed by atoms with Gasteiger partial charge in [-0.25, -0.2) is 4.39 Å². The van der Waals surface area contributed by atoms with Gasteiger partial charge in [0, 0.05) is 48.9 Å². The number of aliphatic hydroxyl groups excluding tert-OH is 1. The number of aromatic nitrogens is 1. The summed E-state index contributed by atoms with van der Waals surface area (Å²) in [4.78, 5) is 16.2. The molecule has 8 aromatic rings. The van der Waals surface area contributed by atoms with Crippen molar-refractivity contribution in [2.24, 2.45) is 11.8 Å². The van der Waals surface area contributed by atoms with E-state index in [1.54, 1.807) is 0 Å². The van der Waals surface area contributed by atoms with Gasteiger partial charge in [-0.15, -0.1) is 23.6 Å². The van der Waals surface area contributed by atoms with Gasteiger partial charge in [0.25, 0.3) is 0 Å². The molecule has 0 unspecified atom stereocenters. The number of halogens is 1. The zero-order valence-electron chi connectivity index (χ0n) is 32.9. The van der Waals surface area contributed by atoms with Gasteiger partial charge in [-0.1, -0.05) is 141 Å². The van der Waals surface area contributed by atoms with Gasteiger partial charge in [0.05, 0.1) is 12.0 Å². The second kappa shape index (κ2) is 18.6. The number of allylic oxidation sites excluding steroid dienone is 2. The first-order valence-corrected chi connectivity index (χ1v) is 19.8. The fraction of sp³-hybridized carbons (Fsp3) is 0.192. The van der Waals surface area contributed by atoms with Crippen molar-refractivity contribution in [3.63, 3.8) is 0 Å². The van der Waals surface area contributed by atoms with Crippen molar-refractivity contribution >= 4 is 81.3 Å². The van der Waals surface area contributed by atoms with Crippen LogP contribution in [0.25, 0.3) is 75.5 Å². The Kier molecular flexibility index (Phi) is 13.5. The van der Waals surface area contributed by atoms with Crippen molar-refractivity contribution in [2.45, 2.75) is 53.4 Å². The number of hydrogen-bond acceptors (Lipinski definition) is 3. The molecular weight excluding hydrogens is 882 g/mol. The van der Waals surface area contributed by atoms with Gasteiger partial charge >= 0.3 is 0 Å². The monoisotopic (exact) mass is 929 g/mol. The largest absolute Gasteiger partial charge is 0.512 e. The van der Waals surface area contributed by atoms with Crippen LogP contribution in [-0.2, 0) is 24.9 Å². The van der Waals surface area contributed by atoms with Crippen LogP contribution in [0.5, 0.6) is 0 Å². The molecule has 8 rings (SSSR count). The predicted molar refractivity (Wildman–Crippen MR) is 236 cm³/mol. The summed E-state index contributed by atoms with van der Waals surface area (Å²) in [7, 11) is 0. The van der Waals surface area contributed by atoms with Crippen molar-refractivity contribution < 1.29 is 34.4 Å². The van der Waals surface area contributed by atoms with E-state index in [9.17, 15) is 9.90 Å². The van der Waals surface area contributed by atoms with Crippen LogP contribution >= 0.6 is 0 Å². The van der Waals surface area contributed by atoms with Crippen LogP contribution in [0.1, 0.15) is 53.4 Å². The van der Waals surface area contributed by atoms with Crippen LogP contribution in [0.3, 0.4) is 0 Å². The van der Waals surface area contributed by atoms with Gasteiger partial charge in [-0.2, -0.15) is 0 Å². The average molecular weight is 929 g/mol. The molecule has 1 aromatic heterocycles. The SMILES string of the molecule is CCC(CC)C(=O)/C=C(\O)C(CC)CC.Fc1cnc2cc1c1cccc(c1)c1cccc(c1)c1cccc(c1)c1cccc(c1)c1cc2[c-]c2ccccc21.[Ir]. The molecule has 0 fully saturated rings. The molecule has 0 aliphatic heterocycles. The molecule has 57 heavy (non-hydrogen) atoms.